The largest absolute Gasteiger partial charge is 0.489 e. The summed E-state index contributed by atoms with van der Waals surface area (Å²) in [4.78, 5) is 10.8. The van der Waals surface area contributed by atoms with E-state index in [1.54, 1.807) is 12.1 Å². The van der Waals surface area contributed by atoms with Gasteiger partial charge in [-0.2, -0.15) is 0 Å². The summed E-state index contributed by atoms with van der Waals surface area (Å²) in [7, 11) is 0. The lowest BCUT2D eigenvalue weighted by atomic mass is 10.2. The Hall–Kier alpha value is -1.13. The second-order valence-electron chi connectivity index (χ2n) is 3.72. The maximum atomic E-state index is 10.8. The van der Waals surface area contributed by atoms with Crippen LogP contribution in [-0.4, -0.2) is 6.29 Å². The molecule has 0 bridgehead atoms. The van der Waals surface area contributed by atoms with Gasteiger partial charge in [-0.15, -0.1) is 0 Å². The van der Waals surface area contributed by atoms with Gasteiger partial charge in [-0.25, -0.2) is 0 Å². The predicted octanol–water partition coefficient (Wildman–Crippen LogP) is 4.60. The average Bonchev–Trinajstić information content (AvgIpc) is 2.39. The summed E-state index contributed by atoms with van der Waals surface area (Å²) < 4.78 is 7.45. The molecule has 0 heterocycles. The Kier molecular flexibility index (Phi) is 4.55. The lowest BCUT2D eigenvalue weighted by Crippen LogP contribution is -1.96. The molecule has 0 aromatic heterocycles. The molecule has 0 spiro atoms. The first-order chi connectivity index (χ1) is 8.69. The van der Waals surface area contributed by atoms with Crippen LogP contribution in [-0.2, 0) is 6.61 Å². The number of hydrogen-bond acceptors (Lipinski definition) is 2. The summed E-state index contributed by atoms with van der Waals surface area (Å²) >= 11 is 6.69. The van der Waals surface area contributed by atoms with Gasteiger partial charge in [0.25, 0.3) is 0 Å². The molecule has 18 heavy (non-hydrogen) atoms. The zero-order chi connectivity index (χ0) is 13.0. The van der Waals surface area contributed by atoms with Crippen molar-refractivity contribution in [1.82, 2.24) is 0 Å². The highest BCUT2D eigenvalue weighted by Gasteiger charge is 2.02. The maximum absolute atomic E-state index is 10.8. The molecule has 2 rings (SSSR count). The Morgan fingerprint density at radius 3 is 2.44 bits per heavy atom. The Labute approximate surface area is 122 Å². The van der Waals surface area contributed by atoms with Crippen molar-refractivity contribution in [3.63, 3.8) is 0 Å². The molecule has 0 atom stereocenters. The lowest BCUT2D eigenvalue weighted by Gasteiger charge is -2.07. The number of hydrogen-bond donors (Lipinski definition) is 0. The molecule has 0 saturated heterocycles. The number of aldehydes is 1. The highest BCUT2D eigenvalue weighted by atomic mass is 79.9. The fraction of sp³-hybridized carbons (Fsp3) is 0.0714. The summed E-state index contributed by atoms with van der Waals surface area (Å²) in [5.41, 5.74) is 1.66. The van der Waals surface area contributed by atoms with Crippen LogP contribution in [0.2, 0.25) is 0 Å². The standard InChI is InChI=1S/C14H10Br2O2/c15-12-3-1-10(2-4-12)9-18-13-5-6-14(16)11(7-13)8-17/h1-8H,9H2. The molecule has 0 aliphatic carbocycles. The minimum atomic E-state index is 0.479. The zero-order valence-corrected chi connectivity index (χ0v) is 12.6. The molecule has 0 fully saturated rings. The van der Waals surface area contributed by atoms with Crippen LogP contribution in [0.5, 0.6) is 5.75 Å². The normalized spacial score (nSPS) is 10.1. The van der Waals surface area contributed by atoms with Gasteiger partial charge >= 0.3 is 0 Å². The van der Waals surface area contributed by atoms with Crippen LogP contribution in [0, 0.1) is 0 Å². The molecule has 4 heteroatoms. The molecule has 0 radical (unpaired) electrons. The van der Waals surface area contributed by atoms with E-state index in [1.807, 2.05) is 30.3 Å². The van der Waals surface area contributed by atoms with Gasteiger partial charge in [-0.3, -0.25) is 4.79 Å². The Morgan fingerprint density at radius 1 is 1.06 bits per heavy atom. The number of benzene rings is 2. The predicted molar refractivity (Wildman–Crippen MR) is 78.0 cm³/mol. The summed E-state index contributed by atoms with van der Waals surface area (Å²) in [6, 6.07) is 13.3. The monoisotopic (exact) mass is 368 g/mol. The van der Waals surface area contributed by atoms with Gasteiger partial charge in [0.2, 0.25) is 0 Å². The summed E-state index contributed by atoms with van der Waals surface area (Å²) in [6.07, 6.45) is 0.802. The second kappa shape index (κ2) is 6.16. The van der Waals surface area contributed by atoms with Crippen molar-refractivity contribution < 1.29 is 9.53 Å². The van der Waals surface area contributed by atoms with Crippen LogP contribution in [0.3, 0.4) is 0 Å². The first kappa shape index (κ1) is 13.3. The van der Waals surface area contributed by atoms with Crippen LogP contribution in [0.15, 0.2) is 51.4 Å². The van der Waals surface area contributed by atoms with Crippen molar-refractivity contribution in [2.75, 3.05) is 0 Å². The molecule has 0 aliphatic heterocycles. The Morgan fingerprint density at radius 2 is 1.78 bits per heavy atom. The van der Waals surface area contributed by atoms with E-state index in [2.05, 4.69) is 31.9 Å². The molecular weight excluding hydrogens is 360 g/mol. The van der Waals surface area contributed by atoms with Gasteiger partial charge in [-0.1, -0.05) is 44.0 Å². The highest BCUT2D eigenvalue weighted by Crippen LogP contribution is 2.22. The molecule has 0 saturated carbocycles. The minimum absolute atomic E-state index is 0.479. The van der Waals surface area contributed by atoms with Crippen LogP contribution >= 0.6 is 31.9 Å². The fourth-order valence-corrected chi connectivity index (χ4v) is 2.05. The van der Waals surface area contributed by atoms with E-state index in [0.29, 0.717) is 17.9 Å². The number of halogens is 2. The Bertz CT molecular complexity index is 550. The number of ether oxygens (including phenoxy) is 1. The maximum Gasteiger partial charge on any atom is 0.151 e. The number of rotatable bonds is 4. The van der Waals surface area contributed by atoms with E-state index >= 15 is 0 Å². The molecular formula is C14H10Br2O2. The summed E-state index contributed by atoms with van der Waals surface area (Å²) in [6.45, 7) is 0.479. The SMILES string of the molecule is O=Cc1cc(OCc2ccc(Br)cc2)ccc1Br. The molecule has 0 amide bonds. The fourth-order valence-electron chi connectivity index (χ4n) is 1.45. The first-order valence-corrected chi connectivity index (χ1v) is 6.89. The molecule has 0 unspecified atom stereocenters. The van der Waals surface area contributed by atoms with Crippen molar-refractivity contribution in [2.45, 2.75) is 6.61 Å². The van der Waals surface area contributed by atoms with E-state index in [4.69, 9.17) is 4.74 Å². The topological polar surface area (TPSA) is 26.3 Å². The lowest BCUT2D eigenvalue weighted by molar-refractivity contribution is 0.112. The summed E-state index contributed by atoms with van der Waals surface area (Å²) in [5, 5.41) is 0. The van der Waals surface area contributed by atoms with Gasteiger partial charge in [0.05, 0.1) is 0 Å². The van der Waals surface area contributed by atoms with Gasteiger partial charge in [-0.05, 0) is 35.9 Å². The molecule has 2 aromatic rings. The smallest absolute Gasteiger partial charge is 0.151 e. The summed E-state index contributed by atoms with van der Waals surface area (Å²) in [5.74, 6) is 0.684. The van der Waals surface area contributed by atoms with Crippen LogP contribution < -0.4 is 4.74 Å². The third kappa shape index (κ3) is 3.43. The van der Waals surface area contributed by atoms with E-state index in [0.717, 1.165) is 20.8 Å². The molecule has 0 aliphatic rings. The van der Waals surface area contributed by atoms with Crippen molar-refractivity contribution in [1.29, 1.82) is 0 Å². The average molecular weight is 370 g/mol. The molecule has 2 aromatic carbocycles. The third-order valence-corrected chi connectivity index (χ3v) is 3.66. The van der Waals surface area contributed by atoms with E-state index in [1.165, 1.54) is 0 Å². The first-order valence-electron chi connectivity index (χ1n) is 5.31. The molecule has 2 nitrogen and oxygen atoms in total. The minimum Gasteiger partial charge on any atom is -0.489 e. The Balaban J connectivity index is 2.06. The van der Waals surface area contributed by atoms with Gasteiger partial charge in [0.15, 0.2) is 6.29 Å². The highest BCUT2D eigenvalue weighted by molar-refractivity contribution is 9.10. The van der Waals surface area contributed by atoms with Crippen molar-refractivity contribution in [3.8, 4) is 5.75 Å². The zero-order valence-electron chi connectivity index (χ0n) is 9.40. The van der Waals surface area contributed by atoms with E-state index in [-0.39, 0.29) is 0 Å². The van der Waals surface area contributed by atoms with E-state index < -0.39 is 0 Å². The second-order valence-corrected chi connectivity index (χ2v) is 5.49. The number of carbonyl (C=O) groups is 1. The van der Waals surface area contributed by atoms with E-state index in [9.17, 15) is 4.79 Å². The third-order valence-electron chi connectivity index (χ3n) is 2.41. The van der Waals surface area contributed by atoms with Crippen molar-refractivity contribution >= 4 is 38.1 Å². The van der Waals surface area contributed by atoms with Crippen LogP contribution in [0.4, 0.5) is 0 Å². The quantitative estimate of drug-likeness (QED) is 0.736. The van der Waals surface area contributed by atoms with Crippen LogP contribution in [0.25, 0.3) is 0 Å². The van der Waals surface area contributed by atoms with Gasteiger partial charge in [0.1, 0.15) is 12.4 Å². The van der Waals surface area contributed by atoms with Crippen LogP contribution in [0.1, 0.15) is 15.9 Å². The van der Waals surface area contributed by atoms with Crippen molar-refractivity contribution in [3.05, 3.63) is 62.5 Å². The van der Waals surface area contributed by atoms with Gasteiger partial charge < -0.3 is 4.74 Å². The van der Waals surface area contributed by atoms with Crippen molar-refractivity contribution in [2.24, 2.45) is 0 Å². The number of carbonyl (C=O) groups excluding carboxylic acids is 1. The van der Waals surface area contributed by atoms with Gasteiger partial charge in [0, 0.05) is 14.5 Å². The molecule has 92 valence electrons. The molecule has 0 N–H and O–H groups in total.